The van der Waals surface area contributed by atoms with Gasteiger partial charge in [-0.05, 0) is 48.7 Å². The fourth-order valence-electron chi connectivity index (χ4n) is 4.37. The van der Waals surface area contributed by atoms with Crippen LogP contribution in [0.1, 0.15) is 22.3 Å². The van der Waals surface area contributed by atoms with Crippen molar-refractivity contribution in [3.8, 4) is 5.75 Å². The molecule has 1 amide bonds. The molecule has 2 aliphatic rings. The maximum atomic E-state index is 12.5. The van der Waals surface area contributed by atoms with Crippen LogP contribution >= 0.6 is 0 Å². The number of amides is 1. The first kappa shape index (κ1) is 19.0. The molecule has 2 aromatic carbocycles. The van der Waals surface area contributed by atoms with E-state index in [2.05, 4.69) is 23.5 Å². The zero-order valence-corrected chi connectivity index (χ0v) is 16.9. The molecule has 0 saturated carbocycles. The summed E-state index contributed by atoms with van der Waals surface area (Å²) in [5.74, 6) is 1.18. The lowest BCUT2D eigenvalue weighted by atomic mass is 10.1. The largest absolute Gasteiger partial charge is 0.493 e. The smallest absolute Gasteiger partial charge is 0.279 e. The molecule has 0 aromatic heterocycles. The molecule has 4 rings (SSSR count). The highest BCUT2D eigenvalue weighted by atomic mass is 16.5. The summed E-state index contributed by atoms with van der Waals surface area (Å²) in [6, 6.07) is 12.8. The normalized spacial score (nSPS) is 21.1. The first-order chi connectivity index (χ1) is 13.6. The van der Waals surface area contributed by atoms with Gasteiger partial charge >= 0.3 is 0 Å². The number of carbonyl (C=O) groups excluding carboxylic acids is 1. The molecule has 148 valence electrons. The van der Waals surface area contributed by atoms with Crippen LogP contribution in [-0.4, -0.2) is 45.2 Å². The summed E-state index contributed by atoms with van der Waals surface area (Å²) in [5, 5.41) is 3.12. The van der Waals surface area contributed by atoms with E-state index in [4.69, 9.17) is 4.74 Å². The zero-order valence-electron chi connectivity index (χ0n) is 16.9. The summed E-state index contributed by atoms with van der Waals surface area (Å²) in [6.45, 7) is 10.8. The highest BCUT2D eigenvalue weighted by molar-refractivity contribution is 5.93. The number of carbonyl (C=O) groups is 1. The molecule has 2 aromatic rings. The molecule has 0 bridgehead atoms. The van der Waals surface area contributed by atoms with Crippen molar-refractivity contribution in [1.82, 2.24) is 0 Å². The van der Waals surface area contributed by atoms with Gasteiger partial charge in [0.2, 0.25) is 0 Å². The number of quaternary nitrogens is 2. The molecule has 28 heavy (non-hydrogen) atoms. The van der Waals surface area contributed by atoms with Crippen molar-refractivity contribution in [2.75, 3.05) is 44.6 Å². The Hall–Kier alpha value is -2.37. The van der Waals surface area contributed by atoms with Crippen LogP contribution in [0.3, 0.4) is 0 Å². The highest BCUT2D eigenvalue weighted by Crippen LogP contribution is 2.25. The predicted octanol–water partition coefficient (Wildman–Crippen LogP) is 0.160. The van der Waals surface area contributed by atoms with E-state index in [9.17, 15) is 4.79 Å². The van der Waals surface area contributed by atoms with Gasteiger partial charge in [0.15, 0.2) is 6.54 Å². The molecule has 2 aliphatic heterocycles. The summed E-state index contributed by atoms with van der Waals surface area (Å²) in [7, 11) is 0. The van der Waals surface area contributed by atoms with Crippen LogP contribution in [0.4, 0.5) is 5.69 Å². The number of para-hydroxylation sites is 1. The van der Waals surface area contributed by atoms with Gasteiger partial charge in [-0.25, -0.2) is 0 Å². The second-order valence-electron chi connectivity index (χ2n) is 8.21. The number of rotatable bonds is 5. The molecule has 5 heteroatoms. The van der Waals surface area contributed by atoms with Crippen molar-refractivity contribution in [3.05, 3.63) is 58.7 Å². The van der Waals surface area contributed by atoms with Crippen LogP contribution in [0.25, 0.3) is 0 Å². The van der Waals surface area contributed by atoms with Crippen molar-refractivity contribution in [1.29, 1.82) is 0 Å². The van der Waals surface area contributed by atoms with E-state index in [1.807, 2.05) is 32.0 Å². The number of piperazine rings is 1. The summed E-state index contributed by atoms with van der Waals surface area (Å²) in [5.41, 5.74) is 5.96. The van der Waals surface area contributed by atoms with Gasteiger partial charge in [-0.1, -0.05) is 18.2 Å². The molecule has 0 atom stereocenters. The lowest BCUT2D eigenvalue weighted by Gasteiger charge is -2.29. The maximum Gasteiger partial charge on any atom is 0.279 e. The first-order valence-corrected chi connectivity index (χ1v) is 10.4. The summed E-state index contributed by atoms with van der Waals surface area (Å²) < 4.78 is 5.60. The Morgan fingerprint density at radius 2 is 1.75 bits per heavy atom. The second kappa shape index (κ2) is 8.33. The zero-order chi connectivity index (χ0) is 19.5. The third kappa shape index (κ3) is 4.37. The van der Waals surface area contributed by atoms with Gasteiger partial charge in [-0.2, -0.15) is 0 Å². The van der Waals surface area contributed by atoms with Gasteiger partial charge in [-0.15, -0.1) is 0 Å². The highest BCUT2D eigenvalue weighted by Gasteiger charge is 2.25. The van der Waals surface area contributed by atoms with E-state index in [-0.39, 0.29) is 5.91 Å². The van der Waals surface area contributed by atoms with E-state index in [0.717, 1.165) is 68.3 Å². The number of fused-ring (bicyclic) bond motifs is 1. The monoisotopic (exact) mass is 381 g/mol. The number of anilines is 1. The Labute approximate surface area is 167 Å². The minimum Gasteiger partial charge on any atom is -0.493 e. The number of nitrogens with one attached hydrogen (secondary N) is 3. The quantitative estimate of drug-likeness (QED) is 0.691. The SMILES string of the molecule is Cc1cccc(C)c1NC(=O)C[NH+]1CC[NH+](Cc2ccc3c(c2)CCO3)CC1. The molecule has 0 aliphatic carbocycles. The van der Waals surface area contributed by atoms with E-state index >= 15 is 0 Å². The summed E-state index contributed by atoms with van der Waals surface area (Å²) in [4.78, 5) is 15.5. The number of benzene rings is 2. The molecular weight excluding hydrogens is 350 g/mol. The second-order valence-corrected chi connectivity index (χ2v) is 8.21. The van der Waals surface area contributed by atoms with Gasteiger partial charge in [0.25, 0.3) is 5.91 Å². The van der Waals surface area contributed by atoms with Gasteiger partial charge in [0.1, 0.15) is 38.5 Å². The first-order valence-electron chi connectivity index (χ1n) is 10.4. The molecule has 5 nitrogen and oxygen atoms in total. The molecular formula is C23H31N3O2+2. The molecule has 0 radical (unpaired) electrons. The fourth-order valence-corrected chi connectivity index (χ4v) is 4.37. The van der Waals surface area contributed by atoms with E-state index in [1.165, 1.54) is 16.0 Å². The van der Waals surface area contributed by atoms with Crippen LogP contribution in [0.5, 0.6) is 5.75 Å². The number of hydrogen-bond donors (Lipinski definition) is 3. The third-order valence-corrected chi connectivity index (χ3v) is 6.03. The van der Waals surface area contributed by atoms with Gasteiger partial charge in [0, 0.05) is 17.7 Å². The lowest BCUT2D eigenvalue weighted by Crippen LogP contribution is -3.28. The van der Waals surface area contributed by atoms with Crippen molar-refractivity contribution >= 4 is 11.6 Å². The molecule has 3 N–H and O–H groups in total. The Bertz CT molecular complexity index is 837. The number of hydrogen-bond acceptors (Lipinski definition) is 2. The minimum atomic E-state index is 0.120. The van der Waals surface area contributed by atoms with Crippen molar-refractivity contribution in [2.45, 2.75) is 26.8 Å². The Morgan fingerprint density at radius 3 is 2.50 bits per heavy atom. The Morgan fingerprint density at radius 1 is 1.04 bits per heavy atom. The number of aryl methyl sites for hydroxylation is 2. The standard InChI is InChI=1S/C23H29N3O2/c1-17-4-3-5-18(2)23(17)24-22(27)16-26-11-9-25(10-12-26)15-19-6-7-21-20(14-19)8-13-28-21/h3-7,14H,8-13,15-16H2,1-2H3,(H,24,27)/p+2. The topological polar surface area (TPSA) is 47.2 Å². The van der Waals surface area contributed by atoms with Crippen LogP contribution in [0.15, 0.2) is 36.4 Å². The van der Waals surface area contributed by atoms with Crippen molar-refractivity contribution in [2.24, 2.45) is 0 Å². The fraction of sp³-hybridized carbons (Fsp3) is 0.435. The van der Waals surface area contributed by atoms with E-state index in [1.54, 1.807) is 4.90 Å². The van der Waals surface area contributed by atoms with Crippen LogP contribution < -0.4 is 19.9 Å². The summed E-state index contributed by atoms with van der Waals surface area (Å²) >= 11 is 0. The van der Waals surface area contributed by atoms with Gasteiger partial charge in [-0.3, -0.25) is 4.79 Å². The van der Waals surface area contributed by atoms with E-state index in [0.29, 0.717) is 6.54 Å². The van der Waals surface area contributed by atoms with Crippen molar-refractivity contribution < 1.29 is 19.3 Å². The van der Waals surface area contributed by atoms with Crippen molar-refractivity contribution in [3.63, 3.8) is 0 Å². The molecule has 2 heterocycles. The Balaban J connectivity index is 1.25. The predicted molar refractivity (Wildman–Crippen MR) is 110 cm³/mol. The Kier molecular flexibility index (Phi) is 5.64. The minimum absolute atomic E-state index is 0.120. The molecule has 1 saturated heterocycles. The molecule has 1 fully saturated rings. The average Bonchev–Trinajstić information content (AvgIpc) is 3.14. The maximum absolute atomic E-state index is 12.5. The summed E-state index contributed by atoms with van der Waals surface area (Å²) in [6.07, 6.45) is 1.03. The van der Waals surface area contributed by atoms with Gasteiger partial charge < -0.3 is 19.9 Å². The van der Waals surface area contributed by atoms with Crippen LogP contribution in [0.2, 0.25) is 0 Å². The molecule has 0 unspecified atom stereocenters. The third-order valence-electron chi connectivity index (χ3n) is 6.03. The van der Waals surface area contributed by atoms with Gasteiger partial charge in [0.05, 0.1) is 6.61 Å². The number of ether oxygens (including phenoxy) is 1. The average molecular weight is 382 g/mol. The van der Waals surface area contributed by atoms with Crippen LogP contribution in [0, 0.1) is 13.8 Å². The molecule has 0 spiro atoms. The lowest BCUT2D eigenvalue weighted by molar-refractivity contribution is -1.02. The van der Waals surface area contributed by atoms with Crippen LogP contribution in [-0.2, 0) is 17.8 Å². The van der Waals surface area contributed by atoms with E-state index < -0.39 is 0 Å².